The molecule has 0 saturated heterocycles. The lowest BCUT2D eigenvalue weighted by Crippen LogP contribution is -2.18. The number of carbonyl (C=O) groups is 1. The van der Waals surface area contributed by atoms with E-state index < -0.39 is 0 Å². The van der Waals surface area contributed by atoms with Crippen LogP contribution in [0.1, 0.15) is 16.3 Å². The number of furan rings is 1. The van der Waals surface area contributed by atoms with Gasteiger partial charge in [0, 0.05) is 16.7 Å². The Kier molecular flexibility index (Phi) is 3.05. The molecule has 0 aliphatic rings. The summed E-state index contributed by atoms with van der Waals surface area (Å²) in [6.45, 7) is 0.312. The van der Waals surface area contributed by atoms with Crippen LogP contribution in [0.15, 0.2) is 44.1 Å². The first-order valence-electron chi connectivity index (χ1n) is 4.59. The monoisotopic (exact) mass is 281 g/mol. The van der Waals surface area contributed by atoms with Crippen LogP contribution in [0.25, 0.3) is 0 Å². The summed E-state index contributed by atoms with van der Waals surface area (Å²) in [6.07, 6.45) is 2.30. The van der Waals surface area contributed by atoms with Crippen LogP contribution in [0.4, 0.5) is 0 Å². The van der Waals surface area contributed by atoms with E-state index in [1.165, 1.54) is 10.6 Å². The van der Waals surface area contributed by atoms with E-state index >= 15 is 0 Å². The zero-order chi connectivity index (χ0) is 11.5. The summed E-state index contributed by atoms with van der Waals surface area (Å²) in [4.78, 5) is 21.9. The quantitative estimate of drug-likeness (QED) is 0.810. The number of hydrogen-bond acceptors (Lipinski definition) is 3. The summed E-state index contributed by atoms with van der Waals surface area (Å²) in [5.41, 5.74) is -0.118. The second-order valence-electron chi connectivity index (χ2n) is 3.24. The molecule has 0 bridgehead atoms. The average molecular weight is 282 g/mol. The van der Waals surface area contributed by atoms with E-state index in [1.54, 1.807) is 24.4 Å². The number of hydrogen-bond donors (Lipinski definition) is 0. The molecule has 0 amide bonds. The number of carbonyl (C=O) groups excluding carboxylic acids is 1. The second-order valence-corrected chi connectivity index (χ2v) is 4.15. The first-order chi connectivity index (χ1) is 7.69. The van der Waals surface area contributed by atoms with Crippen LogP contribution in [-0.2, 0) is 6.54 Å². The summed E-state index contributed by atoms with van der Waals surface area (Å²) in [5.74, 6) is 0.834. The van der Waals surface area contributed by atoms with Crippen molar-refractivity contribution in [3.05, 3.63) is 56.8 Å². The van der Waals surface area contributed by atoms with Gasteiger partial charge >= 0.3 is 0 Å². The summed E-state index contributed by atoms with van der Waals surface area (Å²) in [6, 6.07) is 6.40. The smallest absolute Gasteiger partial charge is 0.250 e. The molecule has 0 spiro atoms. The van der Waals surface area contributed by atoms with Crippen LogP contribution in [0.5, 0.6) is 0 Å². The second kappa shape index (κ2) is 4.49. The van der Waals surface area contributed by atoms with Gasteiger partial charge in [-0.05, 0) is 34.1 Å². The van der Waals surface area contributed by atoms with Gasteiger partial charge in [0.1, 0.15) is 5.76 Å². The molecule has 0 aromatic carbocycles. The van der Waals surface area contributed by atoms with Gasteiger partial charge in [-0.25, -0.2) is 0 Å². The van der Waals surface area contributed by atoms with Crippen molar-refractivity contribution in [1.82, 2.24) is 4.57 Å². The van der Waals surface area contributed by atoms with E-state index in [0.717, 1.165) is 4.47 Å². The molecule has 5 heteroatoms. The summed E-state index contributed by atoms with van der Waals surface area (Å²) in [5, 5.41) is 0. The topological polar surface area (TPSA) is 52.2 Å². The van der Waals surface area contributed by atoms with Crippen molar-refractivity contribution in [1.29, 1.82) is 0 Å². The lowest BCUT2D eigenvalue weighted by Gasteiger charge is -2.02. The third kappa shape index (κ3) is 2.30. The molecule has 0 unspecified atom stereocenters. The maximum atomic E-state index is 11.5. The Bertz CT molecular complexity index is 571. The minimum absolute atomic E-state index is 0.118. The lowest BCUT2D eigenvalue weighted by atomic mass is 10.4. The zero-order valence-corrected chi connectivity index (χ0v) is 9.81. The van der Waals surface area contributed by atoms with Crippen molar-refractivity contribution >= 4 is 22.2 Å². The first kappa shape index (κ1) is 10.9. The number of aldehydes is 1. The van der Waals surface area contributed by atoms with Gasteiger partial charge < -0.3 is 8.98 Å². The van der Waals surface area contributed by atoms with Crippen molar-refractivity contribution < 1.29 is 9.21 Å². The van der Waals surface area contributed by atoms with Crippen LogP contribution < -0.4 is 5.56 Å². The maximum Gasteiger partial charge on any atom is 0.250 e. The van der Waals surface area contributed by atoms with Crippen molar-refractivity contribution in [3.8, 4) is 0 Å². The fourth-order valence-corrected chi connectivity index (χ4v) is 1.72. The molecule has 2 aromatic heterocycles. The highest BCUT2D eigenvalue weighted by molar-refractivity contribution is 9.10. The van der Waals surface area contributed by atoms with Gasteiger partial charge in [-0.2, -0.15) is 0 Å². The lowest BCUT2D eigenvalue weighted by molar-refractivity contribution is 0.109. The Morgan fingerprint density at radius 2 is 2.12 bits per heavy atom. The van der Waals surface area contributed by atoms with E-state index in [4.69, 9.17) is 4.42 Å². The molecule has 0 N–H and O–H groups in total. The third-order valence-electron chi connectivity index (χ3n) is 2.07. The summed E-state index contributed by atoms with van der Waals surface area (Å²) in [7, 11) is 0. The highest BCUT2D eigenvalue weighted by Crippen LogP contribution is 2.09. The molecule has 82 valence electrons. The van der Waals surface area contributed by atoms with Gasteiger partial charge in [-0.3, -0.25) is 9.59 Å². The predicted octanol–water partition coefficient (Wildman–Crippen LogP) is 2.06. The molecule has 2 rings (SSSR count). The highest BCUT2D eigenvalue weighted by atomic mass is 79.9. The van der Waals surface area contributed by atoms with Gasteiger partial charge in [0.25, 0.3) is 5.56 Å². The van der Waals surface area contributed by atoms with Crippen molar-refractivity contribution in [3.63, 3.8) is 0 Å². The van der Waals surface area contributed by atoms with Crippen molar-refractivity contribution in [2.75, 3.05) is 0 Å². The van der Waals surface area contributed by atoms with E-state index in [9.17, 15) is 9.59 Å². The standard InChI is InChI=1S/C11H8BrNO3/c12-8-1-4-11(15)13(5-8)6-9-2-3-10(7-14)16-9/h1-5,7H,6H2. The van der Waals surface area contributed by atoms with Crippen LogP contribution >= 0.6 is 15.9 Å². The largest absolute Gasteiger partial charge is 0.456 e. The van der Waals surface area contributed by atoms with Crippen LogP contribution in [0.2, 0.25) is 0 Å². The Morgan fingerprint density at radius 1 is 1.31 bits per heavy atom. The number of rotatable bonds is 3. The average Bonchev–Trinajstić information content (AvgIpc) is 2.71. The molecule has 0 atom stereocenters. The molecular formula is C11H8BrNO3. The van der Waals surface area contributed by atoms with E-state index in [0.29, 0.717) is 18.6 Å². The summed E-state index contributed by atoms with van der Waals surface area (Å²) < 4.78 is 7.50. The van der Waals surface area contributed by atoms with Gasteiger partial charge in [-0.1, -0.05) is 0 Å². The highest BCUT2D eigenvalue weighted by Gasteiger charge is 2.03. The van der Waals surface area contributed by atoms with Gasteiger partial charge in [0.15, 0.2) is 12.0 Å². The normalized spacial score (nSPS) is 10.3. The molecule has 4 nitrogen and oxygen atoms in total. The maximum absolute atomic E-state index is 11.5. The summed E-state index contributed by atoms with van der Waals surface area (Å²) >= 11 is 3.28. The molecule has 2 heterocycles. The number of halogens is 1. The predicted molar refractivity (Wildman–Crippen MR) is 61.6 cm³/mol. The van der Waals surface area contributed by atoms with Gasteiger partial charge in [-0.15, -0.1) is 0 Å². The van der Waals surface area contributed by atoms with E-state index in [1.807, 2.05) is 0 Å². The Labute approximate surface area is 99.6 Å². The zero-order valence-electron chi connectivity index (χ0n) is 8.22. The molecule has 2 aromatic rings. The molecule has 16 heavy (non-hydrogen) atoms. The van der Waals surface area contributed by atoms with Crippen LogP contribution in [-0.4, -0.2) is 10.9 Å². The number of pyridine rings is 1. The Hall–Kier alpha value is -1.62. The third-order valence-corrected chi connectivity index (χ3v) is 2.54. The van der Waals surface area contributed by atoms with E-state index in [-0.39, 0.29) is 11.3 Å². The minimum atomic E-state index is -0.118. The minimum Gasteiger partial charge on any atom is -0.456 e. The molecular weight excluding hydrogens is 274 g/mol. The number of nitrogens with zero attached hydrogens (tertiary/aromatic N) is 1. The Morgan fingerprint density at radius 3 is 2.81 bits per heavy atom. The van der Waals surface area contributed by atoms with Crippen molar-refractivity contribution in [2.24, 2.45) is 0 Å². The molecule has 0 radical (unpaired) electrons. The molecule has 0 aliphatic heterocycles. The molecule has 0 fully saturated rings. The molecule has 0 saturated carbocycles. The van der Waals surface area contributed by atoms with E-state index in [2.05, 4.69) is 15.9 Å². The van der Waals surface area contributed by atoms with Crippen LogP contribution in [0, 0.1) is 0 Å². The Balaban J connectivity index is 2.29. The van der Waals surface area contributed by atoms with Gasteiger partial charge in [0.05, 0.1) is 6.54 Å². The molecule has 0 aliphatic carbocycles. The SMILES string of the molecule is O=Cc1ccc(Cn2cc(Br)ccc2=O)o1. The van der Waals surface area contributed by atoms with Crippen molar-refractivity contribution in [2.45, 2.75) is 6.54 Å². The fourth-order valence-electron chi connectivity index (χ4n) is 1.34. The number of aromatic nitrogens is 1. The van der Waals surface area contributed by atoms with Gasteiger partial charge in [0.2, 0.25) is 0 Å². The fraction of sp³-hybridized carbons (Fsp3) is 0.0909. The van der Waals surface area contributed by atoms with Crippen LogP contribution in [0.3, 0.4) is 0 Å². The first-order valence-corrected chi connectivity index (χ1v) is 5.38.